The molecule has 1 aromatic rings. The van der Waals surface area contributed by atoms with Gasteiger partial charge in [0.1, 0.15) is 0 Å². The van der Waals surface area contributed by atoms with Gasteiger partial charge in [0.25, 0.3) is 0 Å². The minimum absolute atomic E-state index is 0.0674. The SMILES string of the molecule is COCCNC(=O)CN1CCN(c2nc(C)cs2)[C@@H](C)C1. The Morgan fingerprint density at radius 3 is 3.00 bits per heavy atom. The van der Waals surface area contributed by atoms with Gasteiger partial charge in [0.2, 0.25) is 5.91 Å². The number of amides is 1. The van der Waals surface area contributed by atoms with Crippen LogP contribution in [0.15, 0.2) is 5.38 Å². The zero-order valence-electron chi connectivity index (χ0n) is 13.0. The van der Waals surface area contributed by atoms with E-state index in [2.05, 4.69) is 32.4 Å². The molecule has 1 atom stereocenters. The summed E-state index contributed by atoms with van der Waals surface area (Å²) in [7, 11) is 1.63. The Morgan fingerprint density at radius 1 is 1.57 bits per heavy atom. The highest BCUT2D eigenvalue weighted by Gasteiger charge is 2.26. The maximum atomic E-state index is 11.8. The highest BCUT2D eigenvalue weighted by atomic mass is 32.1. The van der Waals surface area contributed by atoms with Crippen LogP contribution in [-0.2, 0) is 9.53 Å². The van der Waals surface area contributed by atoms with Gasteiger partial charge in [-0.15, -0.1) is 11.3 Å². The van der Waals surface area contributed by atoms with E-state index in [-0.39, 0.29) is 5.91 Å². The van der Waals surface area contributed by atoms with E-state index in [9.17, 15) is 4.79 Å². The van der Waals surface area contributed by atoms with Gasteiger partial charge in [-0.1, -0.05) is 0 Å². The molecule has 0 aromatic carbocycles. The van der Waals surface area contributed by atoms with Gasteiger partial charge in [0, 0.05) is 44.7 Å². The average Bonchev–Trinajstić information content (AvgIpc) is 2.85. The van der Waals surface area contributed by atoms with Crippen LogP contribution in [-0.4, -0.2) is 68.3 Å². The van der Waals surface area contributed by atoms with E-state index in [0.29, 0.717) is 25.7 Å². The van der Waals surface area contributed by atoms with Crippen molar-refractivity contribution in [2.24, 2.45) is 0 Å². The number of aromatic nitrogens is 1. The minimum Gasteiger partial charge on any atom is -0.383 e. The molecule has 6 nitrogen and oxygen atoms in total. The number of nitrogens with one attached hydrogen (secondary N) is 1. The van der Waals surface area contributed by atoms with Crippen LogP contribution in [0.5, 0.6) is 0 Å². The fraction of sp³-hybridized carbons (Fsp3) is 0.714. The second-order valence-electron chi connectivity index (χ2n) is 5.39. The molecule has 1 N–H and O–H groups in total. The molecule has 1 saturated heterocycles. The number of piperazine rings is 1. The number of hydrogen-bond donors (Lipinski definition) is 1. The predicted octanol–water partition coefficient (Wildman–Crippen LogP) is 0.725. The van der Waals surface area contributed by atoms with E-state index in [0.717, 1.165) is 30.5 Å². The highest BCUT2D eigenvalue weighted by molar-refractivity contribution is 7.13. The first-order chi connectivity index (χ1) is 10.1. The summed E-state index contributed by atoms with van der Waals surface area (Å²) in [5.74, 6) is 0.0674. The van der Waals surface area contributed by atoms with Crippen molar-refractivity contribution in [2.45, 2.75) is 19.9 Å². The van der Waals surface area contributed by atoms with Gasteiger partial charge < -0.3 is 15.0 Å². The third kappa shape index (κ3) is 4.66. The lowest BCUT2D eigenvalue weighted by Gasteiger charge is -2.39. The summed E-state index contributed by atoms with van der Waals surface area (Å²) in [6.07, 6.45) is 0. The van der Waals surface area contributed by atoms with Crippen molar-refractivity contribution in [3.05, 3.63) is 11.1 Å². The van der Waals surface area contributed by atoms with Crippen LogP contribution < -0.4 is 10.2 Å². The van der Waals surface area contributed by atoms with Gasteiger partial charge in [0.15, 0.2) is 5.13 Å². The molecule has 1 aromatic heterocycles. The number of methoxy groups -OCH3 is 1. The van der Waals surface area contributed by atoms with E-state index >= 15 is 0 Å². The Balaban J connectivity index is 1.79. The molecule has 118 valence electrons. The first-order valence-corrected chi connectivity index (χ1v) is 8.15. The Labute approximate surface area is 130 Å². The van der Waals surface area contributed by atoms with Crippen molar-refractivity contribution in [2.75, 3.05) is 51.3 Å². The molecule has 7 heteroatoms. The van der Waals surface area contributed by atoms with Crippen molar-refractivity contribution < 1.29 is 9.53 Å². The summed E-state index contributed by atoms with van der Waals surface area (Å²) in [4.78, 5) is 20.9. The molecule has 1 aliphatic rings. The molecular formula is C14H24N4O2S. The molecule has 1 amide bonds. The fourth-order valence-corrected chi connectivity index (χ4v) is 3.42. The van der Waals surface area contributed by atoms with Gasteiger partial charge >= 0.3 is 0 Å². The van der Waals surface area contributed by atoms with Gasteiger partial charge in [-0.25, -0.2) is 4.98 Å². The summed E-state index contributed by atoms with van der Waals surface area (Å²) >= 11 is 1.69. The van der Waals surface area contributed by atoms with Gasteiger partial charge in [-0.3, -0.25) is 9.69 Å². The molecule has 0 bridgehead atoms. The quantitative estimate of drug-likeness (QED) is 0.785. The number of hydrogen-bond acceptors (Lipinski definition) is 6. The molecule has 1 aliphatic heterocycles. The zero-order chi connectivity index (χ0) is 15.2. The topological polar surface area (TPSA) is 57.7 Å². The van der Waals surface area contributed by atoms with Crippen molar-refractivity contribution in [1.82, 2.24) is 15.2 Å². The lowest BCUT2D eigenvalue weighted by atomic mass is 10.2. The van der Waals surface area contributed by atoms with Crippen LogP contribution in [0.3, 0.4) is 0 Å². The first kappa shape index (κ1) is 16.2. The lowest BCUT2D eigenvalue weighted by molar-refractivity contribution is -0.122. The normalized spacial score (nSPS) is 19.8. The van der Waals surface area contributed by atoms with E-state index in [1.54, 1.807) is 18.4 Å². The lowest BCUT2D eigenvalue weighted by Crippen LogP contribution is -2.54. The number of nitrogens with zero attached hydrogens (tertiary/aromatic N) is 3. The van der Waals surface area contributed by atoms with Crippen LogP contribution in [0.2, 0.25) is 0 Å². The Hall–Kier alpha value is -1.18. The molecule has 1 fully saturated rings. The fourth-order valence-electron chi connectivity index (χ4n) is 2.49. The van der Waals surface area contributed by atoms with Gasteiger partial charge in [0.05, 0.1) is 18.8 Å². The van der Waals surface area contributed by atoms with Crippen molar-refractivity contribution in [3.63, 3.8) is 0 Å². The number of carbonyl (C=O) groups excluding carboxylic acids is 1. The number of anilines is 1. The number of aryl methyl sites for hydroxylation is 1. The largest absolute Gasteiger partial charge is 0.383 e. The molecule has 2 heterocycles. The number of carbonyl (C=O) groups is 1. The minimum atomic E-state index is 0.0674. The maximum absolute atomic E-state index is 11.8. The van der Waals surface area contributed by atoms with Crippen LogP contribution >= 0.6 is 11.3 Å². The summed E-state index contributed by atoms with van der Waals surface area (Å²) in [6.45, 7) is 8.48. The van der Waals surface area contributed by atoms with Crippen molar-refractivity contribution >= 4 is 22.4 Å². The Kier molecular flexibility index (Phi) is 5.96. The average molecular weight is 312 g/mol. The summed E-state index contributed by atoms with van der Waals surface area (Å²) < 4.78 is 4.92. The maximum Gasteiger partial charge on any atom is 0.234 e. The zero-order valence-corrected chi connectivity index (χ0v) is 13.8. The van der Waals surface area contributed by atoms with E-state index in [4.69, 9.17) is 4.74 Å². The Bertz CT molecular complexity index is 466. The van der Waals surface area contributed by atoms with Crippen molar-refractivity contribution in [1.29, 1.82) is 0 Å². The molecule has 2 rings (SSSR count). The van der Waals surface area contributed by atoms with Crippen LogP contribution in [0.4, 0.5) is 5.13 Å². The third-order valence-electron chi connectivity index (χ3n) is 3.56. The first-order valence-electron chi connectivity index (χ1n) is 7.27. The van der Waals surface area contributed by atoms with E-state index in [1.807, 2.05) is 6.92 Å². The smallest absolute Gasteiger partial charge is 0.234 e. The second-order valence-corrected chi connectivity index (χ2v) is 6.23. The van der Waals surface area contributed by atoms with Crippen LogP contribution in [0, 0.1) is 6.92 Å². The number of rotatable bonds is 6. The molecule has 21 heavy (non-hydrogen) atoms. The molecule has 0 radical (unpaired) electrons. The molecule has 0 saturated carbocycles. The summed E-state index contributed by atoms with van der Waals surface area (Å²) in [5, 5.41) is 6.03. The van der Waals surface area contributed by atoms with Gasteiger partial charge in [-0.05, 0) is 13.8 Å². The van der Waals surface area contributed by atoms with E-state index in [1.165, 1.54) is 0 Å². The highest BCUT2D eigenvalue weighted by Crippen LogP contribution is 2.24. The van der Waals surface area contributed by atoms with Gasteiger partial charge in [-0.2, -0.15) is 0 Å². The molecule has 0 aliphatic carbocycles. The number of ether oxygens (including phenoxy) is 1. The van der Waals surface area contributed by atoms with Crippen molar-refractivity contribution in [3.8, 4) is 0 Å². The molecular weight excluding hydrogens is 288 g/mol. The Morgan fingerprint density at radius 2 is 2.38 bits per heavy atom. The number of thiazole rings is 1. The van der Waals surface area contributed by atoms with Crippen LogP contribution in [0.25, 0.3) is 0 Å². The summed E-state index contributed by atoms with van der Waals surface area (Å²) in [5.41, 5.74) is 1.07. The standard InChI is InChI=1S/C14H24N4O2S/c1-11-10-21-14(16-11)18-6-5-17(8-12(18)2)9-13(19)15-4-7-20-3/h10,12H,4-9H2,1-3H3,(H,15,19)/t12-/m0/s1. The third-order valence-corrected chi connectivity index (χ3v) is 4.56. The molecule has 0 spiro atoms. The molecule has 0 unspecified atom stereocenters. The van der Waals surface area contributed by atoms with E-state index < -0.39 is 0 Å². The van der Waals surface area contributed by atoms with Crippen LogP contribution in [0.1, 0.15) is 12.6 Å². The second kappa shape index (κ2) is 7.72. The predicted molar refractivity (Wildman–Crippen MR) is 85.0 cm³/mol. The monoisotopic (exact) mass is 312 g/mol. The summed E-state index contributed by atoms with van der Waals surface area (Å²) in [6, 6.07) is 0.371.